The van der Waals surface area contributed by atoms with Gasteiger partial charge in [0.25, 0.3) is 0 Å². The van der Waals surface area contributed by atoms with Crippen LogP contribution < -0.4 is 4.74 Å². The van der Waals surface area contributed by atoms with Crippen LogP contribution in [-0.2, 0) is 4.74 Å². The zero-order chi connectivity index (χ0) is 17.0. The molecule has 0 bridgehead atoms. The molecule has 23 heavy (non-hydrogen) atoms. The summed E-state index contributed by atoms with van der Waals surface area (Å²) in [5.74, 6) is -0.353. The Kier molecular flexibility index (Phi) is 5.16. The summed E-state index contributed by atoms with van der Waals surface area (Å²) in [6.45, 7) is 5.46. The summed E-state index contributed by atoms with van der Waals surface area (Å²) in [7, 11) is 1.48. The summed E-state index contributed by atoms with van der Waals surface area (Å²) in [4.78, 5) is 24.5. The molecule has 0 unspecified atom stereocenters. The molecule has 4 nitrogen and oxygen atoms in total. The van der Waals surface area contributed by atoms with Crippen molar-refractivity contribution >= 4 is 11.8 Å². The first-order valence-corrected chi connectivity index (χ1v) is 7.35. The van der Waals surface area contributed by atoms with Gasteiger partial charge in [0.05, 0.1) is 7.11 Å². The first kappa shape index (κ1) is 16.7. The number of ether oxygens (including phenoxy) is 2. The highest BCUT2D eigenvalue weighted by Gasteiger charge is 2.18. The van der Waals surface area contributed by atoms with Crippen molar-refractivity contribution in [2.75, 3.05) is 13.7 Å². The van der Waals surface area contributed by atoms with Gasteiger partial charge in [0.15, 0.2) is 6.61 Å². The van der Waals surface area contributed by atoms with Crippen LogP contribution in [0.1, 0.15) is 37.4 Å². The molecule has 0 aliphatic rings. The normalized spacial score (nSPS) is 10.3. The number of methoxy groups -OCH3 is 1. The first-order valence-electron chi connectivity index (χ1n) is 7.35. The molecule has 2 aromatic rings. The number of esters is 1. The lowest BCUT2D eigenvalue weighted by Crippen LogP contribution is -2.16. The number of ketones is 1. The average molecular weight is 312 g/mol. The summed E-state index contributed by atoms with van der Waals surface area (Å²) < 4.78 is 10.3. The highest BCUT2D eigenvalue weighted by Crippen LogP contribution is 2.20. The van der Waals surface area contributed by atoms with Crippen LogP contribution in [0.25, 0.3) is 0 Å². The Morgan fingerprint density at radius 2 is 1.61 bits per heavy atom. The molecule has 0 spiro atoms. The number of hydrogen-bond acceptors (Lipinski definition) is 4. The van der Waals surface area contributed by atoms with Gasteiger partial charge >= 0.3 is 5.97 Å². The molecule has 2 rings (SSSR count). The van der Waals surface area contributed by atoms with Gasteiger partial charge in [-0.15, -0.1) is 0 Å². The zero-order valence-electron chi connectivity index (χ0n) is 13.8. The fourth-order valence-electron chi connectivity index (χ4n) is 2.71. The summed E-state index contributed by atoms with van der Waals surface area (Å²) >= 11 is 0. The molecule has 0 aliphatic carbocycles. The Labute approximate surface area is 136 Å². The van der Waals surface area contributed by atoms with Crippen molar-refractivity contribution in [1.82, 2.24) is 0 Å². The van der Waals surface area contributed by atoms with Gasteiger partial charge in [-0.3, -0.25) is 4.79 Å². The van der Waals surface area contributed by atoms with Gasteiger partial charge in [-0.05, 0) is 44.0 Å². The van der Waals surface area contributed by atoms with Gasteiger partial charge in [0.2, 0.25) is 5.78 Å². The van der Waals surface area contributed by atoms with Crippen LogP contribution in [0, 0.1) is 20.8 Å². The third kappa shape index (κ3) is 3.77. The molecular formula is C19H20O4. The SMILES string of the molecule is COc1ccccc1C(=O)OCC(=O)c1c(C)cc(C)cc1C. The lowest BCUT2D eigenvalue weighted by molar-refractivity contribution is 0.0471. The lowest BCUT2D eigenvalue weighted by Gasteiger charge is -2.11. The molecule has 0 heterocycles. The third-order valence-electron chi connectivity index (χ3n) is 3.62. The lowest BCUT2D eigenvalue weighted by atomic mass is 9.97. The Balaban J connectivity index is 2.12. The van der Waals surface area contributed by atoms with Crippen LogP contribution in [0.3, 0.4) is 0 Å². The predicted octanol–water partition coefficient (Wildman–Crippen LogP) is 3.66. The van der Waals surface area contributed by atoms with Crippen molar-refractivity contribution in [1.29, 1.82) is 0 Å². The Morgan fingerprint density at radius 1 is 1.00 bits per heavy atom. The van der Waals surface area contributed by atoms with Crippen LogP contribution in [0.5, 0.6) is 5.75 Å². The maximum absolute atomic E-state index is 12.4. The van der Waals surface area contributed by atoms with E-state index < -0.39 is 5.97 Å². The van der Waals surface area contributed by atoms with Gasteiger partial charge < -0.3 is 9.47 Å². The van der Waals surface area contributed by atoms with E-state index in [2.05, 4.69) is 0 Å². The third-order valence-corrected chi connectivity index (χ3v) is 3.62. The van der Waals surface area contributed by atoms with E-state index in [0.29, 0.717) is 16.9 Å². The number of hydrogen-bond donors (Lipinski definition) is 0. The minimum absolute atomic E-state index is 0.205. The summed E-state index contributed by atoms with van der Waals surface area (Å²) in [6, 6.07) is 10.7. The molecule has 0 N–H and O–H groups in total. The standard InChI is InChI=1S/C19H20O4/c1-12-9-13(2)18(14(3)10-12)16(20)11-23-19(21)15-7-5-6-8-17(15)22-4/h5-10H,11H2,1-4H3. The minimum Gasteiger partial charge on any atom is -0.496 e. The fraction of sp³-hybridized carbons (Fsp3) is 0.263. The van der Waals surface area contributed by atoms with Crippen molar-refractivity contribution in [3.8, 4) is 5.75 Å². The van der Waals surface area contributed by atoms with Gasteiger partial charge in [0, 0.05) is 5.56 Å². The van der Waals surface area contributed by atoms with E-state index in [4.69, 9.17) is 9.47 Å². The molecule has 0 saturated carbocycles. The summed E-state index contributed by atoms with van der Waals surface area (Å²) in [6.07, 6.45) is 0. The molecule has 0 aromatic heterocycles. The van der Waals surface area contributed by atoms with Crippen LogP contribution in [-0.4, -0.2) is 25.5 Å². The topological polar surface area (TPSA) is 52.6 Å². The van der Waals surface area contributed by atoms with Crippen molar-refractivity contribution in [3.05, 3.63) is 64.2 Å². The van der Waals surface area contributed by atoms with Crippen LogP contribution in [0.15, 0.2) is 36.4 Å². The smallest absolute Gasteiger partial charge is 0.342 e. The zero-order valence-corrected chi connectivity index (χ0v) is 13.8. The highest BCUT2D eigenvalue weighted by molar-refractivity contribution is 6.02. The van der Waals surface area contributed by atoms with Gasteiger partial charge in [-0.25, -0.2) is 4.79 Å². The van der Waals surface area contributed by atoms with Crippen LogP contribution >= 0.6 is 0 Å². The second kappa shape index (κ2) is 7.09. The van der Waals surface area contributed by atoms with Gasteiger partial charge in [-0.2, -0.15) is 0 Å². The van der Waals surface area contributed by atoms with E-state index >= 15 is 0 Å². The molecule has 0 saturated heterocycles. The number of Topliss-reactive ketones (excluding diaryl/α,β-unsaturated/α-hetero) is 1. The number of para-hydroxylation sites is 1. The fourth-order valence-corrected chi connectivity index (χ4v) is 2.71. The van der Waals surface area contributed by atoms with E-state index in [9.17, 15) is 9.59 Å². The van der Waals surface area contributed by atoms with Crippen LogP contribution in [0.4, 0.5) is 0 Å². The molecule has 0 aliphatic heterocycles. The molecule has 0 radical (unpaired) electrons. The quantitative estimate of drug-likeness (QED) is 0.624. The second-order valence-electron chi connectivity index (χ2n) is 5.47. The van der Waals surface area contributed by atoms with E-state index in [1.807, 2.05) is 32.9 Å². The van der Waals surface area contributed by atoms with Crippen LogP contribution in [0.2, 0.25) is 0 Å². The second-order valence-corrected chi connectivity index (χ2v) is 5.47. The number of carbonyl (C=O) groups is 2. The largest absolute Gasteiger partial charge is 0.496 e. The number of rotatable bonds is 5. The summed E-state index contributed by atoms with van der Waals surface area (Å²) in [5, 5.41) is 0. The van der Waals surface area contributed by atoms with Crippen molar-refractivity contribution in [2.45, 2.75) is 20.8 Å². The van der Waals surface area contributed by atoms with Gasteiger partial charge in [0.1, 0.15) is 11.3 Å². The molecular weight excluding hydrogens is 292 g/mol. The minimum atomic E-state index is -0.571. The van der Waals surface area contributed by atoms with Gasteiger partial charge in [-0.1, -0.05) is 29.8 Å². The Bertz CT molecular complexity index is 724. The van der Waals surface area contributed by atoms with Crippen molar-refractivity contribution in [3.63, 3.8) is 0 Å². The highest BCUT2D eigenvalue weighted by atomic mass is 16.5. The van der Waals surface area contributed by atoms with Crippen molar-refractivity contribution in [2.24, 2.45) is 0 Å². The molecule has 0 amide bonds. The monoisotopic (exact) mass is 312 g/mol. The Hall–Kier alpha value is -2.62. The molecule has 0 fully saturated rings. The van der Waals surface area contributed by atoms with E-state index in [1.165, 1.54) is 7.11 Å². The number of aryl methyl sites for hydroxylation is 3. The Morgan fingerprint density at radius 3 is 2.22 bits per heavy atom. The van der Waals surface area contributed by atoms with E-state index in [-0.39, 0.29) is 12.4 Å². The summed E-state index contributed by atoms with van der Waals surface area (Å²) in [5.41, 5.74) is 3.80. The molecule has 4 heteroatoms. The van der Waals surface area contributed by atoms with E-state index in [0.717, 1.165) is 16.7 Å². The maximum Gasteiger partial charge on any atom is 0.342 e. The first-order chi connectivity index (χ1) is 10.9. The maximum atomic E-state index is 12.4. The molecule has 0 atom stereocenters. The number of carbonyl (C=O) groups excluding carboxylic acids is 2. The predicted molar refractivity (Wildman–Crippen MR) is 88.3 cm³/mol. The number of benzene rings is 2. The van der Waals surface area contributed by atoms with Crippen molar-refractivity contribution < 1.29 is 19.1 Å². The average Bonchev–Trinajstić information content (AvgIpc) is 2.51. The molecule has 2 aromatic carbocycles. The van der Waals surface area contributed by atoms with E-state index in [1.54, 1.807) is 24.3 Å². The molecule has 120 valence electrons.